The SMILES string of the molecule is CCCCCCCCCCCCCCCCCC(=O)OCCOCCOCCOC(=O)CCCCCCCCCCCCCCC. The zero-order valence-electron chi connectivity index (χ0n) is 30.9. The lowest BCUT2D eigenvalue weighted by molar-refractivity contribution is -0.147. The number of carbonyl (C=O) groups is 2. The first-order valence-electron chi connectivity index (χ1n) is 20.2. The summed E-state index contributed by atoms with van der Waals surface area (Å²) in [6.45, 7) is 6.74. The summed E-state index contributed by atoms with van der Waals surface area (Å²) in [6, 6.07) is 0. The Balaban J connectivity index is 3.23. The molecule has 0 N–H and O–H groups in total. The molecule has 0 aromatic heterocycles. The first-order chi connectivity index (χ1) is 22.7. The van der Waals surface area contributed by atoms with Crippen LogP contribution in [0.25, 0.3) is 0 Å². The minimum absolute atomic E-state index is 0.129. The van der Waals surface area contributed by atoms with Gasteiger partial charge in [0, 0.05) is 12.8 Å². The van der Waals surface area contributed by atoms with E-state index in [2.05, 4.69) is 13.8 Å². The molecule has 0 radical (unpaired) electrons. The van der Waals surface area contributed by atoms with E-state index in [9.17, 15) is 9.59 Å². The number of carbonyl (C=O) groups excluding carboxylic acids is 2. The van der Waals surface area contributed by atoms with Crippen LogP contribution in [-0.4, -0.2) is 51.6 Å². The van der Waals surface area contributed by atoms with Crippen molar-refractivity contribution in [3.63, 3.8) is 0 Å². The van der Waals surface area contributed by atoms with Gasteiger partial charge in [0.05, 0.1) is 26.4 Å². The fourth-order valence-electron chi connectivity index (χ4n) is 5.82. The van der Waals surface area contributed by atoms with E-state index >= 15 is 0 Å². The van der Waals surface area contributed by atoms with Crippen molar-refractivity contribution in [1.82, 2.24) is 0 Å². The highest BCUT2D eigenvalue weighted by molar-refractivity contribution is 5.69. The van der Waals surface area contributed by atoms with E-state index in [1.165, 1.54) is 154 Å². The summed E-state index contributed by atoms with van der Waals surface area (Å²) in [4.78, 5) is 23.7. The topological polar surface area (TPSA) is 71.1 Å². The van der Waals surface area contributed by atoms with Crippen molar-refractivity contribution in [2.24, 2.45) is 0 Å². The smallest absolute Gasteiger partial charge is 0.305 e. The summed E-state index contributed by atoms with van der Waals surface area (Å²) in [7, 11) is 0. The summed E-state index contributed by atoms with van der Waals surface area (Å²) < 4.78 is 21.4. The lowest BCUT2D eigenvalue weighted by Gasteiger charge is -2.08. The molecule has 0 aliphatic rings. The normalized spacial score (nSPS) is 11.3. The number of hydrogen-bond acceptors (Lipinski definition) is 6. The molecule has 0 amide bonds. The average Bonchev–Trinajstić information content (AvgIpc) is 3.05. The van der Waals surface area contributed by atoms with Crippen molar-refractivity contribution in [3.8, 4) is 0 Å². The van der Waals surface area contributed by atoms with Crippen molar-refractivity contribution >= 4 is 11.9 Å². The Morgan fingerprint density at radius 3 is 0.783 bits per heavy atom. The lowest BCUT2D eigenvalue weighted by Crippen LogP contribution is -2.15. The van der Waals surface area contributed by atoms with Gasteiger partial charge in [0.1, 0.15) is 13.2 Å². The minimum atomic E-state index is -0.130. The van der Waals surface area contributed by atoms with Crippen molar-refractivity contribution < 1.29 is 28.5 Å². The molecular weight excluding hydrogens is 576 g/mol. The first kappa shape index (κ1) is 44.9. The molecule has 0 aliphatic carbocycles. The predicted octanol–water partition coefficient (Wildman–Crippen LogP) is 11.8. The van der Waals surface area contributed by atoms with Crippen LogP contribution in [0.2, 0.25) is 0 Å². The molecule has 0 fully saturated rings. The summed E-state index contributed by atoms with van der Waals surface area (Å²) >= 11 is 0. The van der Waals surface area contributed by atoms with Gasteiger partial charge in [-0.15, -0.1) is 0 Å². The molecule has 274 valence electrons. The van der Waals surface area contributed by atoms with E-state index < -0.39 is 0 Å². The molecule has 0 rings (SSSR count). The van der Waals surface area contributed by atoms with Crippen LogP contribution in [0.3, 0.4) is 0 Å². The number of unbranched alkanes of at least 4 members (excludes halogenated alkanes) is 26. The highest BCUT2D eigenvalue weighted by Gasteiger charge is 2.04. The molecule has 0 saturated heterocycles. The quantitative estimate of drug-likeness (QED) is 0.0485. The zero-order valence-corrected chi connectivity index (χ0v) is 30.9. The molecule has 6 heteroatoms. The second-order valence-corrected chi connectivity index (χ2v) is 13.4. The van der Waals surface area contributed by atoms with Crippen LogP contribution in [0.15, 0.2) is 0 Å². The van der Waals surface area contributed by atoms with Gasteiger partial charge < -0.3 is 18.9 Å². The van der Waals surface area contributed by atoms with Crippen LogP contribution in [0.4, 0.5) is 0 Å². The number of ether oxygens (including phenoxy) is 4. The largest absolute Gasteiger partial charge is 0.463 e. The van der Waals surface area contributed by atoms with Crippen LogP contribution in [0.1, 0.15) is 206 Å². The van der Waals surface area contributed by atoms with Gasteiger partial charge in [0.15, 0.2) is 0 Å². The lowest BCUT2D eigenvalue weighted by atomic mass is 10.0. The maximum absolute atomic E-state index is 11.9. The van der Waals surface area contributed by atoms with Gasteiger partial charge >= 0.3 is 11.9 Å². The molecule has 0 spiro atoms. The number of rotatable bonds is 39. The fraction of sp³-hybridized carbons (Fsp3) is 0.950. The maximum Gasteiger partial charge on any atom is 0.305 e. The summed E-state index contributed by atoms with van der Waals surface area (Å²) in [5.74, 6) is -0.260. The summed E-state index contributed by atoms with van der Waals surface area (Å²) in [5, 5.41) is 0. The Bertz CT molecular complexity index is 611. The van der Waals surface area contributed by atoms with Gasteiger partial charge in [-0.05, 0) is 12.8 Å². The second kappa shape index (κ2) is 40.0. The van der Waals surface area contributed by atoms with Crippen molar-refractivity contribution in [1.29, 1.82) is 0 Å². The van der Waals surface area contributed by atoms with Gasteiger partial charge in [-0.1, -0.05) is 181 Å². The molecular formula is C40H78O6. The molecule has 0 saturated carbocycles. The van der Waals surface area contributed by atoms with Crippen LogP contribution >= 0.6 is 0 Å². The first-order valence-corrected chi connectivity index (χ1v) is 20.2. The Labute approximate surface area is 286 Å². The minimum Gasteiger partial charge on any atom is -0.463 e. The fourth-order valence-corrected chi connectivity index (χ4v) is 5.82. The van der Waals surface area contributed by atoms with Gasteiger partial charge in [-0.3, -0.25) is 9.59 Å². The van der Waals surface area contributed by atoms with Crippen LogP contribution in [0, 0.1) is 0 Å². The van der Waals surface area contributed by atoms with Gasteiger partial charge in [-0.25, -0.2) is 0 Å². The van der Waals surface area contributed by atoms with E-state index in [0.29, 0.717) is 39.3 Å². The summed E-state index contributed by atoms with van der Waals surface area (Å²) in [5.41, 5.74) is 0. The van der Waals surface area contributed by atoms with E-state index in [1.54, 1.807) is 0 Å². The average molecular weight is 655 g/mol. The Hall–Kier alpha value is -1.14. The van der Waals surface area contributed by atoms with E-state index in [0.717, 1.165) is 25.7 Å². The molecule has 0 atom stereocenters. The van der Waals surface area contributed by atoms with Gasteiger partial charge in [0.25, 0.3) is 0 Å². The Morgan fingerprint density at radius 1 is 0.304 bits per heavy atom. The summed E-state index contributed by atoms with van der Waals surface area (Å²) in [6.07, 6.45) is 37.7. The highest BCUT2D eigenvalue weighted by Crippen LogP contribution is 2.15. The van der Waals surface area contributed by atoms with E-state index in [-0.39, 0.29) is 25.2 Å². The molecule has 0 unspecified atom stereocenters. The van der Waals surface area contributed by atoms with E-state index in [4.69, 9.17) is 18.9 Å². The van der Waals surface area contributed by atoms with Crippen LogP contribution in [-0.2, 0) is 28.5 Å². The third kappa shape index (κ3) is 39.0. The molecule has 0 aliphatic heterocycles. The predicted molar refractivity (Wildman–Crippen MR) is 193 cm³/mol. The maximum atomic E-state index is 11.9. The molecule has 0 heterocycles. The van der Waals surface area contributed by atoms with Crippen molar-refractivity contribution in [2.45, 2.75) is 206 Å². The third-order valence-electron chi connectivity index (χ3n) is 8.82. The monoisotopic (exact) mass is 655 g/mol. The Kier molecular flexibility index (Phi) is 39.0. The molecule has 0 bridgehead atoms. The van der Waals surface area contributed by atoms with Gasteiger partial charge in [-0.2, -0.15) is 0 Å². The number of esters is 2. The molecule has 0 aromatic rings. The second-order valence-electron chi connectivity index (χ2n) is 13.4. The number of hydrogen-bond donors (Lipinski definition) is 0. The molecule has 46 heavy (non-hydrogen) atoms. The van der Waals surface area contributed by atoms with Crippen LogP contribution in [0.5, 0.6) is 0 Å². The van der Waals surface area contributed by atoms with Crippen LogP contribution < -0.4 is 0 Å². The van der Waals surface area contributed by atoms with Crippen molar-refractivity contribution in [2.75, 3.05) is 39.6 Å². The van der Waals surface area contributed by atoms with Crippen molar-refractivity contribution in [3.05, 3.63) is 0 Å². The third-order valence-corrected chi connectivity index (χ3v) is 8.82. The Morgan fingerprint density at radius 2 is 0.522 bits per heavy atom. The molecule has 6 nitrogen and oxygen atoms in total. The zero-order chi connectivity index (χ0) is 33.4. The highest BCUT2D eigenvalue weighted by atomic mass is 16.6. The standard InChI is InChI=1S/C40H78O6/c1-3-5-7-9-11-13-15-17-18-20-22-24-26-28-30-32-40(42)46-38-36-44-34-33-43-35-37-45-39(41)31-29-27-25-23-21-19-16-14-12-10-8-6-4-2/h3-38H2,1-2H3. The van der Waals surface area contributed by atoms with Gasteiger partial charge in [0.2, 0.25) is 0 Å². The van der Waals surface area contributed by atoms with E-state index in [1.807, 2.05) is 0 Å². The molecule has 0 aromatic carbocycles.